The number of benzene rings is 1. The average molecular weight is 369 g/mol. The molecule has 0 saturated carbocycles. The monoisotopic (exact) mass is 367 g/mol. The lowest BCUT2D eigenvalue weighted by Gasteiger charge is -2.08. The predicted molar refractivity (Wildman–Crippen MR) is 85.2 cm³/mol. The third-order valence-corrected chi connectivity index (χ3v) is 4.05. The van der Waals surface area contributed by atoms with E-state index in [4.69, 9.17) is 11.6 Å². The summed E-state index contributed by atoms with van der Waals surface area (Å²) in [5.41, 5.74) is 2.56. The van der Waals surface area contributed by atoms with Gasteiger partial charge in [-0.2, -0.15) is 0 Å². The number of hydrogen-bond donors (Lipinski definition) is 0. The highest BCUT2D eigenvalue weighted by atomic mass is 79.9. The Labute approximate surface area is 134 Å². The van der Waals surface area contributed by atoms with E-state index in [0.29, 0.717) is 23.3 Å². The van der Waals surface area contributed by atoms with Crippen LogP contribution in [0, 0.1) is 5.82 Å². The van der Waals surface area contributed by atoms with Gasteiger partial charge in [0, 0.05) is 30.8 Å². The van der Waals surface area contributed by atoms with Crippen LogP contribution >= 0.6 is 27.5 Å². The molecule has 108 valence electrons. The fourth-order valence-electron chi connectivity index (χ4n) is 2.30. The highest BCUT2D eigenvalue weighted by Crippen LogP contribution is 2.25. The molecule has 0 fully saturated rings. The van der Waals surface area contributed by atoms with Crippen molar-refractivity contribution in [1.29, 1.82) is 0 Å². The molecule has 21 heavy (non-hydrogen) atoms. The van der Waals surface area contributed by atoms with E-state index in [1.807, 2.05) is 16.7 Å². The second-order valence-corrected chi connectivity index (χ2v) is 5.90. The van der Waals surface area contributed by atoms with Crippen LogP contribution in [0.2, 0.25) is 0 Å². The van der Waals surface area contributed by atoms with Crippen molar-refractivity contribution in [1.82, 2.24) is 14.5 Å². The van der Waals surface area contributed by atoms with Gasteiger partial charge in [0.1, 0.15) is 11.6 Å². The van der Waals surface area contributed by atoms with E-state index < -0.39 is 0 Å². The summed E-state index contributed by atoms with van der Waals surface area (Å²) in [6.45, 7) is 0.595. The van der Waals surface area contributed by atoms with E-state index >= 15 is 0 Å². The van der Waals surface area contributed by atoms with Gasteiger partial charge in [0.2, 0.25) is 0 Å². The van der Waals surface area contributed by atoms with Crippen molar-refractivity contribution in [3.8, 4) is 0 Å². The SMILES string of the molecule is Fc1cc2c(cc1Br)nc(CCCl)n2Cc1cccnc1. The number of rotatable bonds is 4. The zero-order valence-corrected chi connectivity index (χ0v) is 13.4. The number of pyridine rings is 1. The molecule has 0 spiro atoms. The maximum Gasteiger partial charge on any atom is 0.139 e. The van der Waals surface area contributed by atoms with Gasteiger partial charge in [-0.25, -0.2) is 9.37 Å². The second kappa shape index (κ2) is 6.12. The molecule has 3 rings (SSSR count). The number of halogens is 3. The molecule has 6 heteroatoms. The molecule has 0 aliphatic carbocycles. The molecule has 1 aromatic carbocycles. The van der Waals surface area contributed by atoms with Crippen LogP contribution in [0.15, 0.2) is 41.1 Å². The molecule has 0 aliphatic heterocycles. The number of aromatic nitrogens is 3. The number of fused-ring (bicyclic) bond motifs is 1. The second-order valence-electron chi connectivity index (χ2n) is 4.67. The van der Waals surface area contributed by atoms with Crippen LogP contribution in [0.5, 0.6) is 0 Å². The Balaban J connectivity index is 2.13. The van der Waals surface area contributed by atoms with Gasteiger partial charge in [-0.05, 0) is 33.6 Å². The highest BCUT2D eigenvalue weighted by Gasteiger charge is 2.13. The fourth-order valence-corrected chi connectivity index (χ4v) is 2.80. The third kappa shape index (κ3) is 2.94. The summed E-state index contributed by atoms with van der Waals surface area (Å²) in [6, 6.07) is 7.06. The van der Waals surface area contributed by atoms with Crippen LogP contribution in [0.3, 0.4) is 0 Å². The van der Waals surface area contributed by atoms with Crippen LogP contribution in [0.25, 0.3) is 11.0 Å². The Bertz CT molecular complexity index is 773. The van der Waals surface area contributed by atoms with Gasteiger partial charge >= 0.3 is 0 Å². The summed E-state index contributed by atoms with van der Waals surface area (Å²) >= 11 is 9.05. The zero-order chi connectivity index (χ0) is 14.8. The van der Waals surface area contributed by atoms with Gasteiger partial charge in [0.15, 0.2) is 0 Å². The average Bonchev–Trinajstić information content (AvgIpc) is 2.79. The number of hydrogen-bond acceptors (Lipinski definition) is 2. The van der Waals surface area contributed by atoms with E-state index in [-0.39, 0.29) is 5.82 Å². The van der Waals surface area contributed by atoms with Crippen LogP contribution in [-0.4, -0.2) is 20.4 Å². The van der Waals surface area contributed by atoms with Crippen molar-refractivity contribution < 1.29 is 4.39 Å². The van der Waals surface area contributed by atoms with E-state index in [9.17, 15) is 4.39 Å². The molecule has 2 heterocycles. The zero-order valence-electron chi connectivity index (χ0n) is 11.1. The van der Waals surface area contributed by atoms with Gasteiger partial charge in [-0.3, -0.25) is 4.98 Å². The first-order valence-corrected chi connectivity index (χ1v) is 7.81. The van der Waals surface area contributed by atoms with E-state index in [1.54, 1.807) is 18.5 Å². The number of nitrogens with zero attached hydrogens (tertiary/aromatic N) is 3. The van der Waals surface area contributed by atoms with Gasteiger partial charge in [-0.15, -0.1) is 11.6 Å². The molecule has 3 aromatic rings. The van der Waals surface area contributed by atoms with Crippen molar-refractivity contribution in [2.45, 2.75) is 13.0 Å². The van der Waals surface area contributed by atoms with Crippen molar-refractivity contribution in [3.05, 3.63) is 58.3 Å². The van der Waals surface area contributed by atoms with Crippen molar-refractivity contribution in [2.75, 3.05) is 5.88 Å². The molecule has 0 atom stereocenters. The molecular weight excluding hydrogens is 357 g/mol. The van der Waals surface area contributed by atoms with E-state index in [1.165, 1.54) is 6.07 Å². The van der Waals surface area contributed by atoms with E-state index in [0.717, 1.165) is 22.4 Å². The highest BCUT2D eigenvalue weighted by molar-refractivity contribution is 9.10. The van der Waals surface area contributed by atoms with Crippen molar-refractivity contribution >= 4 is 38.6 Å². The summed E-state index contributed by atoms with van der Waals surface area (Å²) < 4.78 is 16.2. The topological polar surface area (TPSA) is 30.7 Å². The Morgan fingerprint density at radius 3 is 2.90 bits per heavy atom. The summed E-state index contributed by atoms with van der Waals surface area (Å²) in [4.78, 5) is 8.67. The largest absolute Gasteiger partial charge is 0.323 e. The fraction of sp³-hybridized carbons (Fsp3) is 0.200. The quantitative estimate of drug-likeness (QED) is 0.647. The van der Waals surface area contributed by atoms with Crippen LogP contribution in [0.1, 0.15) is 11.4 Å². The molecule has 0 radical (unpaired) electrons. The molecule has 0 unspecified atom stereocenters. The maximum atomic E-state index is 13.8. The molecule has 0 aliphatic rings. The van der Waals surface area contributed by atoms with Crippen LogP contribution in [0.4, 0.5) is 4.39 Å². The first-order valence-electron chi connectivity index (χ1n) is 6.48. The summed E-state index contributed by atoms with van der Waals surface area (Å²) in [5, 5.41) is 0. The molecule has 2 aromatic heterocycles. The van der Waals surface area contributed by atoms with Gasteiger partial charge < -0.3 is 4.57 Å². The molecular formula is C15H12BrClFN3. The maximum absolute atomic E-state index is 13.8. The summed E-state index contributed by atoms with van der Waals surface area (Å²) in [6.07, 6.45) is 4.16. The van der Waals surface area contributed by atoms with Crippen molar-refractivity contribution in [3.63, 3.8) is 0 Å². The lowest BCUT2D eigenvalue weighted by atomic mass is 10.2. The minimum absolute atomic E-state index is 0.299. The lowest BCUT2D eigenvalue weighted by Crippen LogP contribution is -2.06. The minimum Gasteiger partial charge on any atom is -0.323 e. The normalized spacial score (nSPS) is 11.2. The van der Waals surface area contributed by atoms with Gasteiger partial charge in [0.05, 0.1) is 22.1 Å². The smallest absolute Gasteiger partial charge is 0.139 e. The molecule has 0 bridgehead atoms. The molecule has 0 saturated heterocycles. The lowest BCUT2D eigenvalue weighted by molar-refractivity contribution is 0.621. The minimum atomic E-state index is -0.299. The molecule has 3 nitrogen and oxygen atoms in total. The number of imidazole rings is 1. The van der Waals surface area contributed by atoms with E-state index in [2.05, 4.69) is 25.9 Å². The van der Waals surface area contributed by atoms with Gasteiger partial charge in [-0.1, -0.05) is 6.07 Å². The van der Waals surface area contributed by atoms with Crippen molar-refractivity contribution in [2.24, 2.45) is 0 Å². The first kappa shape index (κ1) is 14.5. The summed E-state index contributed by atoms with van der Waals surface area (Å²) in [5.74, 6) is 1.02. The Kier molecular flexibility index (Phi) is 4.22. The van der Waals surface area contributed by atoms with Crippen LogP contribution in [-0.2, 0) is 13.0 Å². The molecule has 0 N–H and O–H groups in total. The number of alkyl halides is 1. The van der Waals surface area contributed by atoms with Crippen LogP contribution < -0.4 is 0 Å². The summed E-state index contributed by atoms with van der Waals surface area (Å²) in [7, 11) is 0. The Hall–Kier alpha value is -1.46. The Morgan fingerprint density at radius 2 is 2.19 bits per heavy atom. The third-order valence-electron chi connectivity index (χ3n) is 3.25. The molecule has 0 amide bonds. The van der Waals surface area contributed by atoms with Gasteiger partial charge in [0.25, 0.3) is 0 Å². The predicted octanol–water partition coefficient (Wildman–Crippen LogP) is 4.16. The number of aryl methyl sites for hydroxylation is 1. The first-order chi connectivity index (χ1) is 10.2. The standard InChI is InChI=1S/C15H12BrClFN3/c16-11-6-13-14(7-12(11)18)21(15(20-13)3-4-17)9-10-2-1-5-19-8-10/h1-2,5-8H,3-4,9H2. The Morgan fingerprint density at radius 1 is 1.33 bits per heavy atom.